The van der Waals surface area contributed by atoms with Gasteiger partial charge in [0, 0.05) is 70.0 Å². The third-order valence-electron chi connectivity index (χ3n) is 19.5. The fourth-order valence-electron chi connectivity index (χ4n) is 15.1. The molecule has 0 amide bonds. The quantitative estimate of drug-likeness (QED) is 0.149. The molecule has 0 radical (unpaired) electrons. The fraction of sp³-hybridized carbons (Fsp3) is 0.314. The highest BCUT2D eigenvalue weighted by atomic mass is 32.1. The molecule has 4 heteroatoms. The maximum atomic E-state index is 2.80. The SMILES string of the molecule is CC(C)(C)c1ccc(N2B3c4cc5c(cc4-n4c6ccc(C(C)(C)C)cc6c6c7c(sc8ccccc87)c(c3c64)-c3cc4c(cc32)-c2cc3c(cc2C4(C)C)C(C)(C)CCC3(C)C)C(C)(C)c2ccccc2-5)cc1. The van der Waals surface area contributed by atoms with Crippen molar-refractivity contribution < 1.29 is 0 Å². The summed E-state index contributed by atoms with van der Waals surface area (Å²) in [6, 6.07) is 51.6. The van der Waals surface area contributed by atoms with Gasteiger partial charge in [0.2, 0.25) is 0 Å². The van der Waals surface area contributed by atoms with Crippen LogP contribution in [0.15, 0.2) is 127 Å². The molecule has 0 unspecified atom stereocenters. The van der Waals surface area contributed by atoms with Gasteiger partial charge in [0.15, 0.2) is 0 Å². The number of benzene rings is 8. The molecule has 0 saturated carbocycles. The fourth-order valence-corrected chi connectivity index (χ4v) is 16.4. The van der Waals surface area contributed by atoms with E-state index in [4.69, 9.17) is 0 Å². The van der Waals surface area contributed by atoms with Crippen LogP contribution >= 0.6 is 11.3 Å². The Morgan fingerprint density at radius 3 is 1.81 bits per heavy atom. The molecule has 74 heavy (non-hydrogen) atoms. The lowest BCUT2D eigenvalue weighted by atomic mass is 9.43. The topological polar surface area (TPSA) is 8.17 Å². The Bertz CT molecular complexity index is 4210. The van der Waals surface area contributed by atoms with Gasteiger partial charge in [0.05, 0.1) is 11.0 Å². The molecule has 10 aromatic rings. The first-order valence-corrected chi connectivity index (χ1v) is 28.3. The van der Waals surface area contributed by atoms with E-state index in [-0.39, 0.29) is 39.3 Å². The van der Waals surface area contributed by atoms with Crippen molar-refractivity contribution in [3.8, 4) is 39.1 Å². The van der Waals surface area contributed by atoms with Crippen LogP contribution in [-0.4, -0.2) is 11.4 Å². The van der Waals surface area contributed by atoms with E-state index in [0.717, 1.165) is 0 Å². The summed E-state index contributed by atoms with van der Waals surface area (Å²) in [4.78, 5) is 2.80. The molecule has 0 saturated heterocycles. The second-order valence-corrected chi connectivity index (χ2v) is 28.6. The van der Waals surface area contributed by atoms with Crippen LogP contribution in [0.25, 0.3) is 81.0 Å². The summed E-state index contributed by atoms with van der Waals surface area (Å²) in [7, 11) is 0. The number of rotatable bonds is 1. The van der Waals surface area contributed by atoms with Gasteiger partial charge in [0.1, 0.15) is 0 Å². The number of nitrogens with zero attached hydrogens (tertiary/aromatic N) is 2. The Hall–Kier alpha value is -6.36. The smallest absolute Gasteiger partial charge is 0.333 e. The molecule has 366 valence electrons. The van der Waals surface area contributed by atoms with Crippen molar-refractivity contribution in [1.82, 2.24) is 4.57 Å². The van der Waals surface area contributed by atoms with Crippen molar-refractivity contribution in [2.75, 3.05) is 4.81 Å². The molecular weight excluding hydrogens is 912 g/mol. The van der Waals surface area contributed by atoms with E-state index < -0.39 is 0 Å². The number of hydrogen-bond acceptors (Lipinski definition) is 2. The molecule has 5 aliphatic rings. The van der Waals surface area contributed by atoms with Gasteiger partial charge >= 0.3 is 6.85 Å². The molecule has 0 fully saturated rings. The van der Waals surface area contributed by atoms with Gasteiger partial charge in [-0.25, -0.2) is 0 Å². The van der Waals surface area contributed by atoms with Crippen LogP contribution in [0.3, 0.4) is 0 Å². The predicted molar refractivity (Wildman–Crippen MR) is 321 cm³/mol. The van der Waals surface area contributed by atoms with Crippen molar-refractivity contribution in [2.45, 2.75) is 142 Å². The zero-order valence-electron chi connectivity index (χ0n) is 45.9. The lowest BCUT2D eigenvalue weighted by molar-refractivity contribution is 0.331. The van der Waals surface area contributed by atoms with Gasteiger partial charge in [-0.15, -0.1) is 11.3 Å². The van der Waals surface area contributed by atoms with E-state index in [1.54, 1.807) is 5.56 Å². The summed E-state index contributed by atoms with van der Waals surface area (Å²) in [5, 5.41) is 5.51. The van der Waals surface area contributed by atoms with Crippen LogP contribution < -0.4 is 15.7 Å². The maximum absolute atomic E-state index is 2.80. The van der Waals surface area contributed by atoms with E-state index in [1.807, 2.05) is 11.3 Å². The molecule has 2 nitrogen and oxygen atoms in total. The molecule has 0 atom stereocenters. The van der Waals surface area contributed by atoms with E-state index in [9.17, 15) is 0 Å². The monoisotopic (exact) mass is 979 g/mol. The highest BCUT2D eigenvalue weighted by Crippen LogP contribution is 2.60. The highest BCUT2D eigenvalue weighted by molar-refractivity contribution is 7.27. The van der Waals surface area contributed by atoms with Crippen molar-refractivity contribution in [3.05, 3.63) is 172 Å². The van der Waals surface area contributed by atoms with Crippen LogP contribution in [0, 0.1) is 0 Å². The first kappa shape index (κ1) is 45.1. The van der Waals surface area contributed by atoms with E-state index in [0.29, 0.717) is 0 Å². The number of thiophene rings is 1. The summed E-state index contributed by atoms with van der Waals surface area (Å²) in [6.07, 6.45) is 2.40. The first-order valence-electron chi connectivity index (χ1n) is 27.5. The molecule has 3 aliphatic carbocycles. The molecule has 2 aliphatic heterocycles. The summed E-state index contributed by atoms with van der Waals surface area (Å²) < 4.78 is 5.49. The third kappa shape index (κ3) is 5.58. The molecular formula is C70H67BN2S. The van der Waals surface area contributed by atoms with Crippen molar-refractivity contribution in [3.63, 3.8) is 0 Å². The van der Waals surface area contributed by atoms with Gasteiger partial charge in [-0.3, -0.25) is 0 Å². The number of hydrogen-bond donors (Lipinski definition) is 0. The summed E-state index contributed by atoms with van der Waals surface area (Å²) >= 11 is 2.01. The summed E-state index contributed by atoms with van der Waals surface area (Å²) in [5.74, 6) is 0. The van der Waals surface area contributed by atoms with Crippen LogP contribution in [0.5, 0.6) is 0 Å². The predicted octanol–water partition coefficient (Wildman–Crippen LogP) is 17.9. The minimum absolute atomic E-state index is 0.0195. The average molecular weight is 979 g/mol. The van der Waals surface area contributed by atoms with Crippen LogP contribution in [0.4, 0.5) is 11.4 Å². The molecule has 8 aromatic carbocycles. The Kier molecular flexibility index (Phi) is 8.48. The van der Waals surface area contributed by atoms with Gasteiger partial charge in [-0.05, 0) is 167 Å². The molecule has 4 heterocycles. The largest absolute Gasteiger partial charge is 0.376 e. The van der Waals surface area contributed by atoms with Crippen molar-refractivity contribution >= 4 is 82.5 Å². The lowest BCUT2D eigenvalue weighted by Crippen LogP contribution is -2.60. The van der Waals surface area contributed by atoms with Gasteiger partial charge < -0.3 is 9.38 Å². The normalized spacial score (nSPS) is 17.9. The average Bonchev–Trinajstić information content (AvgIpc) is 4.11. The number of aromatic nitrogens is 1. The number of fused-ring (bicyclic) bond motifs is 20. The standard InChI is InChI=1S/C70H67BN2S/c1-65(2,3)38-23-26-40(27-24-38)73-56-35-45-43-32-52-53(68(9,10)30-29-67(52,7)8)36-50(43)70(13,14)49(45)33-47(56)61-62-63-59(60-42-20-16-18-22-58(42)74-64(60)61)46-31-39(66(4,5)6)25-28-55(46)72(63)57-37-51-44(34-54(57)71(62)73)41-19-15-17-21-48(41)69(51,11)12/h15-28,31-37H,29-30H2,1-14H3. The zero-order chi connectivity index (χ0) is 51.3. The van der Waals surface area contributed by atoms with Gasteiger partial charge in [-0.1, -0.05) is 170 Å². The minimum Gasteiger partial charge on any atom is -0.376 e. The molecule has 2 aromatic heterocycles. The van der Waals surface area contributed by atoms with Crippen LogP contribution in [0.1, 0.15) is 154 Å². The molecule has 15 rings (SSSR count). The third-order valence-corrected chi connectivity index (χ3v) is 20.7. The Labute approximate surface area is 442 Å². The minimum atomic E-state index is -0.200. The van der Waals surface area contributed by atoms with Gasteiger partial charge in [-0.2, -0.15) is 0 Å². The highest BCUT2D eigenvalue weighted by Gasteiger charge is 2.50. The van der Waals surface area contributed by atoms with Crippen LogP contribution in [-0.2, 0) is 32.5 Å². The van der Waals surface area contributed by atoms with E-state index >= 15 is 0 Å². The molecule has 0 bridgehead atoms. The van der Waals surface area contributed by atoms with E-state index in [2.05, 4.69) is 234 Å². The van der Waals surface area contributed by atoms with Crippen LogP contribution in [0.2, 0.25) is 0 Å². The second-order valence-electron chi connectivity index (χ2n) is 27.6. The van der Waals surface area contributed by atoms with Crippen molar-refractivity contribution in [1.29, 1.82) is 0 Å². The summed E-state index contributed by atoms with van der Waals surface area (Å²) in [6.45, 7) is 33.8. The second kappa shape index (κ2) is 13.9. The number of anilines is 2. The van der Waals surface area contributed by atoms with Crippen molar-refractivity contribution in [2.24, 2.45) is 0 Å². The van der Waals surface area contributed by atoms with Gasteiger partial charge in [0.25, 0.3) is 0 Å². The lowest BCUT2D eigenvalue weighted by Gasteiger charge is -2.43. The summed E-state index contributed by atoms with van der Waals surface area (Å²) in [5.41, 5.74) is 29.0. The zero-order valence-corrected chi connectivity index (χ0v) is 46.7. The Morgan fingerprint density at radius 2 is 1.08 bits per heavy atom. The first-order chi connectivity index (χ1) is 35.0. The maximum Gasteiger partial charge on any atom is 0.333 e. The Balaban J connectivity index is 1.15. The molecule has 0 N–H and O–H groups in total. The van der Waals surface area contributed by atoms with E-state index in [1.165, 1.54) is 155 Å². The Morgan fingerprint density at radius 1 is 0.486 bits per heavy atom. The molecule has 0 spiro atoms.